The summed E-state index contributed by atoms with van der Waals surface area (Å²) in [5, 5.41) is 0.329. The zero-order valence-corrected chi connectivity index (χ0v) is 17.5. The normalized spacial score (nSPS) is 16.4. The van der Waals surface area contributed by atoms with E-state index in [4.69, 9.17) is 16.0 Å². The van der Waals surface area contributed by atoms with Gasteiger partial charge in [0.2, 0.25) is 0 Å². The summed E-state index contributed by atoms with van der Waals surface area (Å²) in [6.45, 7) is 1.87. The summed E-state index contributed by atoms with van der Waals surface area (Å²) >= 11 is 5.33. The number of nitrogens with zero attached hydrogens (tertiary/aromatic N) is 4. The summed E-state index contributed by atoms with van der Waals surface area (Å²) < 4.78 is 48.2. The molecule has 0 radical (unpaired) electrons. The van der Waals surface area contributed by atoms with Crippen molar-refractivity contribution in [2.75, 3.05) is 4.90 Å². The number of furan rings is 1. The second-order valence-electron chi connectivity index (χ2n) is 7.64. The molecular weight excluding hydrogens is 445 g/mol. The van der Waals surface area contributed by atoms with E-state index in [1.165, 1.54) is 29.4 Å². The zero-order chi connectivity index (χ0) is 22.6. The van der Waals surface area contributed by atoms with Gasteiger partial charge in [-0.15, -0.1) is 0 Å². The number of alkyl halides is 3. The lowest BCUT2D eigenvalue weighted by molar-refractivity contribution is 0.0867. The quantitative estimate of drug-likeness (QED) is 0.384. The third-order valence-electron chi connectivity index (χ3n) is 5.50. The number of hydrogen-bond acceptors (Lipinski definition) is 4. The molecule has 6 nitrogen and oxygen atoms in total. The van der Waals surface area contributed by atoms with Crippen molar-refractivity contribution < 1.29 is 22.4 Å². The van der Waals surface area contributed by atoms with Crippen molar-refractivity contribution in [2.24, 2.45) is 0 Å². The van der Waals surface area contributed by atoms with Gasteiger partial charge in [-0.3, -0.25) is 4.79 Å². The molecule has 5 rings (SSSR count). The maximum Gasteiger partial charge on any atom is 0.364 e. The second kappa shape index (κ2) is 7.37. The zero-order valence-electron chi connectivity index (χ0n) is 16.7. The summed E-state index contributed by atoms with van der Waals surface area (Å²) in [7, 11) is 0. The maximum atomic E-state index is 14.2. The van der Waals surface area contributed by atoms with Crippen LogP contribution in [0.2, 0.25) is 0 Å². The highest BCUT2D eigenvalue weighted by Gasteiger charge is 2.35. The summed E-state index contributed by atoms with van der Waals surface area (Å²) in [5.41, 5.74) is 0.681. The highest BCUT2D eigenvalue weighted by molar-refractivity contribution is 6.21. The molecule has 0 fully saturated rings. The fraction of sp³-hybridized carbons (Fsp3) is 0.227. The van der Waals surface area contributed by atoms with Crippen molar-refractivity contribution >= 4 is 28.8 Å². The predicted octanol–water partition coefficient (Wildman–Crippen LogP) is 5.40. The third-order valence-corrected chi connectivity index (χ3v) is 5.70. The monoisotopic (exact) mass is 460 g/mol. The maximum absolute atomic E-state index is 14.2. The minimum absolute atomic E-state index is 0.0153. The van der Waals surface area contributed by atoms with Gasteiger partial charge in [0, 0.05) is 17.8 Å². The summed E-state index contributed by atoms with van der Waals surface area (Å²) in [5.74, 6) is -0.620. The fourth-order valence-electron chi connectivity index (χ4n) is 3.98. The van der Waals surface area contributed by atoms with Gasteiger partial charge in [0.15, 0.2) is 17.1 Å². The standard InChI is InChI=1S/C22H16ClF3N4O2/c1-12-4-5-13-9-14(24)6-7-17(13)29(12)21(31)16-11-20-27-15(18-3-2-8-32-18)10-19(22(23,25)26)30(20)28-16/h2-3,6-12H,4-5H2,1H3/t12-/m1/s1. The molecule has 10 heteroatoms. The summed E-state index contributed by atoms with van der Waals surface area (Å²) in [4.78, 5) is 19.2. The van der Waals surface area contributed by atoms with Gasteiger partial charge in [-0.2, -0.15) is 13.9 Å². The second-order valence-corrected chi connectivity index (χ2v) is 8.11. The molecule has 1 aliphatic heterocycles. The van der Waals surface area contributed by atoms with Crippen LogP contribution in [-0.4, -0.2) is 26.5 Å². The van der Waals surface area contributed by atoms with Crippen molar-refractivity contribution in [1.29, 1.82) is 0 Å². The lowest BCUT2D eigenvalue weighted by atomic mass is 9.96. The van der Waals surface area contributed by atoms with Crippen LogP contribution in [0.4, 0.5) is 18.9 Å². The molecule has 0 aliphatic carbocycles. The van der Waals surface area contributed by atoms with Gasteiger partial charge in [-0.1, -0.05) is 0 Å². The van der Waals surface area contributed by atoms with Crippen molar-refractivity contribution in [3.63, 3.8) is 0 Å². The largest absolute Gasteiger partial charge is 0.463 e. The van der Waals surface area contributed by atoms with Gasteiger partial charge < -0.3 is 9.32 Å². The Hall–Kier alpha value is -3.33. The summed E-state index contributed by atoms with van der Waals surface area (Å²) in [6.07, 6.45) is 2.64. The Morgan fingerprint density at radius 1 is 1.25 bits per heavy atom. The molecule has 0 spiro atoms. The first-order chi connectivity index (χ1) is 15.2. The van der Waals surface area contributed by atoms with Crippen LogP contribution in [0.1, 0.15) is 35.1 Å². The lowest BCUT2D eigenvalue weighted by Gasteiger charge is -2.34. The van der Waals surface area contributed by atoms with E-state index in [2.05, 4.69) is 10.1 Å². The lowest BCUT2D eigenvalue weighted by Crippen LogP contribution is -2.42. The average molecular weight is 461 g/mol. The van der Waals surface area contributed by atoms with Crippen LogP contribution in [0.15, 0.2) is 53.1 Å². The Bertz CT molecular complexity index is 1330. The van der Waals surface area contributed by atoms with E-state index in [-0.39, 0.29) is 34.7 Å². The van der Waals surface area contributed by atoms with Crippen LogP contribution in [-0.2, 0) is 11.8 Å². The van der Waals surface area contributed by atoms with Crippen molar-refractivity contribution in [3.05, 3.63) is 71.5 Å². The Morgan fingerprint density at radius 3 is 2.78 bits per heavy atom. The number of benzene rings is 1. The number of fused-ring (bicyclic) bond motifs is 2. The van der Waals surface area contributed by atoms with E-state index >= 15 is 0 Å². The number of aryl methyl sites for hydroxylation is 1. The predicted molar refractivity (Wildman–Crippen MR) is 111 cm³/mol. The molecule has 1 amide bonds. The number of rotatable bonds is 3. The van der Waals surface area contributed by atoms with E-state index in [0.29, 0.717) is 24.1 Å². The molecule has 3 aromatic heterocycles. The van der Waals surface area contributed by atoms with Crippen LogP contribution in [0.25, 0.3) is 17.1 Å². The topological polar surface area (TPSA) is 63.6 Å². The van der Waals surface area contributed by atoms with E-state index in [1.54, 1.807) is 18.2 Å². The van der Waals surface area contributed by atoms with Crippen LogP contribution < -0.4 is 4.90 Å². The first-order valence-corrected chi connectivity index (χ1v) is 10.2. The van der Waals surface area contributed by atoms with Crippen molar-refractivity contribution in [2.45, 2.75) is 31.2 Å². The van der Waals surface area contributed by atoms with Crippen LogP contribution in [0, 0.1) is 5.82 Å². The number of carbonyl (C=O) groups excluding carboxylic acids is 1. The Kier molecular flexibility index (Phi) is 4.74. The number of anilines is 1. The molecule has 1 aromatic carbocycles. The SMILES string of the molecule is C[C@@H]1CCc2cc(F)ccc2N1C(=O)c1cc2nc(-c3ccco3)cc(C(F)(F)Cl)n2n1. The van der Waals surface area contributed by atoms with Crippen LogP contribution in [0.5, 0.6) is 0 Å². The molecular formula is C22H16ClF3N4O2. The van der Waals surface area contributed by atoms with Crippen LogP contribution >= 0.6 is 11.6 Å². The average Bonchev–Trinajstić information content (AvgIpc) is 3.41. The minimum atomic E-state index is -3.77. The molecule has 0 unspecified atom stereocenters. The molecule has 1 atom stereocenters. The van der Waals surface area contributed by atoms with E-state index in [9.17, 15) is 18.0 Å². The number of halogens is 4. The number of amides is 1. The number of carbonyl (C=O) groups is 1. The van der Waals surface area contributed by atoms with Gasteiger partial charge in [0.25, 0.3) is 5.91 Å². The fourth-order valence-corrected chi connectivity index (χ4v) is 4.12. The highest BCUT2D eigenvalue weighted by Crippen LogP contribution is 2.36. The molecule has 0 saturated heterocycles. The molecule has 0 bridgehead atoms. The molecule has 4 aromatic rings. The molecule has 1 aliphatic rings. The third kappa shape index (κ3) is 3.42. The Labute approximate surface area is 185 Å². The molecule has 32 heavy (non-hydrogen) atoms. The molecule has 4 heterocycles. The minimum Gasteiger partial charge on any atom is -0.463 e. The van der Waals surface area contributed by atoms with Gasteiger partial charge in [0.05, 0.1) is 6.26 Å². The van der Waals surface area contributed by atoms with E-state index in [0.717, 1.165) is 10.6 Å². The smallest absolute Gasteiger partial charge is 0.364 e. The van der Waals surface area contributed by atoms with Gasteiger partial charge >= 0.3 is 5.38 Å². The number of hydrogen-bond donors (Lipinski definition) is 0. The molecule has 164 valence electrons. The summed E-state index contributed by atoms with van der Waals surface area (Å²) in [6, 6.07) is 9.60. The molecule has 0 N–H and O–H groups in total. The van der Waals surface area contributed by atoms with E-state index in [1.807, 2.05) is 6.92 Å². The van der Waals surface area contributed by atoms with Crippen molar-refractivity contribution in [3.8, 4) is 11.5 Å². The first kappa shape index (κ1) is 20.6. The highest BCUT2D eigenvalue weighted by atomic mass is 35.5. The Morgan fingerprint density at radius 2 is 2.06 bits per heavy atom. The van der Waals surface area contributed by atoms with Gasteiger partial charge in [-0.25, -0.2) is 13.9 Å². The molecule has 0 saturated carbocycles. The first-order valence-electron chi connectivity index (χ1n) is 9.86. The Balaban J connectivity index is 1.63. The number of aromatic nitrogens is 3. The van der Waals surface area contributed by atoms with Gasteiger partial charge in [0.1, 0.15) is 17.2 Å². The van der Waals surface area contributed by atoms with Crippen LogP contribution in [0.3, 0.4) is 0 Å². The van der Waals surface area contributed by atoms with Gasteiger partial charge in [-0.05, 0) is 73.3 Å². The van der Waals surface area contributed by atoms with E-state index < -0.39 is 17.0 Å². The van der Waals surface area contributed by atoms with Crippen molar-refractivity contribution in [1.82, 2.24) is 14.6 Å².